The van der Waals surface area contributed by atoms with Crippen molar-refractivity contribution in [1.82, 2.24) is 29.8 Å². The first-order valence-corrected chi connectivity index (χ1v) is 9.87. The molecule has 1 aliphatic carbocycles. The maximum Gasteiger partial charge on any atom is 0.231 e. The minimum absolute atomic E-state index is 0.0743. The maximum absolute atomic E-state index is 12.7. The first kappa shape index (κ1) is 17.5. The van der Waals surface area contributed by atoms with Crippen LogP contribution in [0.25, 0.3) is 16.7 Å². The Hall–Kier alpha value is -3.55. The molecule has 8 heteroatoms. The average molecular weight is 387 g/mol. The molecule has 2 heterocycles. The van der Waals surface area contributed by atoms with Gasteiger partial charge in [0.1, 0.15) is 6.33 Å². The lowest BCUT2D eigenvalue weighted by Gasteiger charge is -2.16. The number of benzene rings is 2. The van der Waals surface area contributed by atoms with E-state index in [9.17, 15) is 4.79 Å². The number of hydrogen-bond donors (Lipinski definition) is 1. The van der Waals surface area contributed by atoms with E-state index in [2.05, 4.69) is 31.5 Å². The Bertz CT molecular complexity index is 1130. The van der Waals surface area contributed by atoms with Crippen molar-refractivity contribution in [1.29, 1.82) is 0 Å². The highest BCUT2D eigenvalue weighted by Crippen LogP contribution is 2.35. The van der Waals surface area contributed by atoms with Gasteiger partial charge in [0.15, 0.2) is 0 Å². The highest BCUT2D eigenvalue weighted by Gasteiger charge is 2.23. The van der Waals surface area contributed by atoms with Crippen molar-refractivity contribution < 1.29 is 4.79 Å². The Morgan fingerprint density at radius 1 is 1.07 bits per heavy atom. The molecule has 1 saturated carbocycles. The van der Waals surface area contributed by atoms with E-state index in [1.165, 1.54) is 19.2 Å². The molecule has 0 bridgehead atoms. The minimum atomic E-state index is -0.0743. The summed E-state index contributed by atoms with van der Waals surface area (Å²) in [5, 5.41) is 14.2. The molecule has 0 spiro atoms. The van der Waals surface area contributed by atoms with Gasteiger partial charge >= 0.3 is 0 Å². The van der Waals surface area contributed by atoms with Crippen molar-refractivity contribution >= 4 is 22.9 Å². The van der Waals surface area contributed by atoms with E-state index < -0.39 is 0 Å². The molecule has 5 rings (SSSR count). The molecule has 1 amide bonds. The molecule has 1 aliphatic rings. The number of fused-ring (bicyclic) bond motifs is 1. The molecule has 2 aromatic heterocycles. The number of carbonyl (C=O) groups is 1. The SMILES string of the molecule is O=C(Cc1ccc(-n2cnnn2)cc1)Nc1nc2ccccc2n1C1CCCC1. The fourth-order valence-electron chi connectivity index (χ4n) is 4.07. The number of imidazole rings is 1. The van der Waals surface area contributed by atoms with E-state index in [4.69, 9.17) is 4.98 Å². The maximum atomic E-state index is 12.7. The lowest BCUT2D eigenvalue weighted by Crippen LogP contribution is -2.19. The summed E-state index contributed by atoms with van der Waals surface area (Å²) in [5.74, 6) is 0.572. The molecule has 0 radical (unpaired) electrons. The van der Waals surface area contributed by atoms with Crippen molar-refractivity contribution in [2.24, 2.45) is 0 Å². The zero-order valence-electron chi connectivity index (χ0n) is 15.9. The van der Waals surface area contributed by atoms with Crippen LogP contribution >= 0.6 is 0 Å². The van der Waals surface area contributed by atoms with Crippen molar-refractivity contribution in [3.05, 3.63) is 60.4 Å². The van der Waals surface area contributed by atoms with E-state index in [1.807, 2.05) is 42.5 Å². The van der Waals surface area contributed by atoms with E-state index in [1.54, 1.807) is 4.68 Å². The number of nitrogens with zero attached hydrogens (tertiary/aromatic N) is 6. The second-order valence-corrected chi connectivity index (χ2v) is 7.38. The summed E-state index contributed by atoms with van der Waals surface area (Å²) in [5.41, 5.74) is 3.77. The Balaban J connectivity index is 1.35. The summed E-state index contributed by atoms with van der Waals surface area (Å²) in [7, 11) is 0. The Morgan fingerprint density at radius 2 is 1.86 bits per heavy atom. The summed E-state index contributed by atoms with van der Waals surface area (Å²) in [6.45, 7) is 0. The largest absolute Gasteiger partial charge is 0.307 e. The molecule has 2 aromatic carbocycles. The summed E-state index contributed by atoms with van der Waals surface area (Å²) in [6.07, 6.45) is 6.51. The molecule has 0 aliphatic heterocycles. The normalized spacial score (nSPS) is 14.5. The highest BCUT2D eigenvalue weighted by atomic mass is 16.1. The number of rotatable bonds is 5. The monoisotopic (exact) mass is 387 g/mol. The van der Waals surface area contributed by atoms with Gasteiger partial charge in [0, 0.05) is 6.04 Å². The van der Waals surface area contributed by atoms with Crippen molar-refractivity contribution in [3.63, 3.8) is 0 Å². The quantitative estimate of drug-likeness (QED) is 0.567. The molecule has 0 saturated heterocycles. The molecule has 146 valence electrons. The van der Waals surface area contributed by atoms with Gasteiger partial charge in [-0.3, -0.25) is 10.1 Å². The van der Waals surface area contributed by atoms with E-state index in [-0.39, 0.29) is 12.3 Å². The Morgan fingerprint density at radius 3 is 2.62 bits per heavy atom. The van der Waals surface area contributed by atoms with Crippen LogP contribution in [0.5, 0.6) is 0 Å². The third kappa shape index (κ3) is 3.49. The van der Waals surface area contributed by atoms with Gasteiger partial charge in [-0.1, -0.05) is 37.1 Å². The van der Waals surface area contributed by atoms with Gasteiger partial charge in [0.05, 0.1) is 23.1 Å². The summed E-state index contributed by atoms with van der Waals surface area (Å²) in [4.78, 5) is 17.4. The summed E-state index contributed by atoms with van der Waals surface area (Å²) < 4.78 is 3.79. The Labute approximate surface area is 167 Å². The second-order valence-electron chi connectivity index (χ2n) is 7.38. The number of para-hydroxylation sites is 2. The van der Waals surface area contributed by atoms with Crippen molar-refractivity contribution in [3.8, 4) is 5.69 Å². The van der Waals surface area contributed by atoms with Crippen LogP contribution < -0.4 is 5.32 Å². The van der Waals surface area contributed by atoms with Crippen LogP contribution in [-0.2, 0) is 11.2 Å². The lowest BCUT2D eigenvalue weighted by molar-refractivity contribution is -0.115. The number of hydrogen-bond acceptors (Lipinski definition) is 5. The van der Waals surface area contributed by atoms with Crippen LogP contribution in [0.15, 0.2) is 54.9 Å². The van der Waals surface area contributed by atoms with E-state index in [0.29, 0.717) is 12.0 Å². The molecule has 4 aromatic rings. The molecular formula is C21H21N7O. The van der Waals surface area contributed by atoms with Gasteiger partial charge in [-0.05, 0) is 53.1 Å². The zero-order valence-corrected chi connectivity index (χ0v) is 15.9. The van der Waals surface area contributed by atoms with Crippen LogP contribution in [0, 0.1) is 0 Å². The number of carbonyl (C=O) groups excluding carboxylic acids is 1. The number of aromatic nitrogens is 6. The first-order valence-electron chi connectivity index (χ1n) is 9.87. The summed E-state index contributed by atoms with van der Waals surface area (Å²) in [6, 6.07) is 16.1. The number of anilines is 1. The van der Waals surface area contributed by atoms with Crippen LogP contribution in [0.3, 0.4) is 0 Å². The fraction of sp³-hybridized carbons (Fsp3) is 0.286. The Kier molecular flexibility index (Phi) is 4.51. The number of tetrazole rings is 1. The standard InChI is InChI=1S/C21H21N7O/c29-20(13-15-9-11-16(12-10-15)27-14-22-25-26-27)24-21-23-18-7-3-4-8-19(18)28(21)17-5-1-2-6-17/h3-4,7-12,14,17H,1-2,5-6,13H2,(H,23,24,29). The molecule has 8 nitrogen and oxygen atoms in total. The number of nitrogens with one attached hydrogen (secondary N) is 1. The average Bonchev–Trinajstić information content (AvgIpc) is 3.49. The molecule has 0 atom stereocenters. The molecule has 1 N–H and O–H groups in total. The van der Waals surface area contributed by atoms with Gasteiger partial charge in [-0.25, -0.2) is 9.67 Å². The lowest BCUT2D eigenvalue weighted by atomic mass is 10.1. The van der Waals surface area contributed by atoms with Crippen LogP contribution in [0.1, 0.15) is 37.3 Å². The highest BCUT2D eigenvalue weighted by molar-refractivity contribution is 5.93. The molecule has 0 unspecified atom stereocenters. The van der Waals surface area contributed by atoms with E-state index >= 15 is 0 Å². The minimum Gasteiger partial charge on any atom is -0.307 e. The molecule has 29 heavy (non-hydrogen) atoms. The van der Waals surface area contributed by atoms with Crippen LogP contribution in [-0.4, -0.2) is 35.7 Å². The van der Waals surface area contributed by atoms with E-state index in [0.717, 1.165) is 35.1 Å². The van der Waals surface area contributed by atoms with Gasteiger partial charge in [-0.15, -0.1) is 5.10 Å². The fourth-order valence-corrected chi connectivity index (χ4v) is 4.07. The first-order chi connectivity index (χ1) is 14.3. The van der Waals surface area contributed by atoms with Gasteiger partial charge in [0.25, 0.3) is 0 Å². The molecule has 1 fully saturated rings. The second kappa shape index (κ2) is 7.46. The van der Waals surface area contributed by atoms with Gasteiger partial charge < -0.3 is 4.57 Å². The van der Waals surface area contributed by atoms with Crippen molar-refractivity contribution in [2.75, 3.05) is 5.32 Å². The predicted octanol–water partition coefficient (Wildman–Crippen LogP) is 3.31. The van der Waals surface area contributed by atoms with Crippen LogP contribution in [0.4, 0.5) is 5.95 Å². The molecular weight excluding hydrogens is 366 g/mol. The predicted molar refractivity (Wildman–Crippen MR) is 109 cm³/mol. The summed E-state index contributed by atoms with van der Waals surface area (Å²) >= 11 is 0. The van der Waals surface area contributed by atoms with Gasteiger partial charge in [0.2, 0.25) is 11.9 Å². The zero-order chi connectivity index (χ0) is 19.6. The smallest absolute Gasteiger partial charge is 0.231 e. The third-order valence-electron chi connectivity index (χ3n) is 5.45. The van der Waals surface area contributed by atoms with Gasteiger partial charge in [-0.2, -0.15) is 0 Å². The van der Waals surface area contributed by atoms with Crippen molar-refractivity contribution in [2.45, 2.75) is 38.1 Å². The number of amides is 1. The topological polar surface area (TPSA) is 90.5 Å². The third-order valence-corrected chi connectivity index (χ3v) is 5.45. The van der Waals surface area contributed by atoms with Crippen LogP contribution in [0.2, 0.25) is 0 Å².